The van der Waals surface area contributed by atoms with Gasteiger partial charge in [0.25, 0.3) is 0 Å². The molecule has 4 N–H and O–H groups in total. The molecular weight excluding hydrogens is 138 g/mol. The van der Waals surface area contributed by atoms with Crippen LogP contribution in [0.5, 0.6) is 0 Å². The van der Waals surface area contributed by atoms with Crippen LogP contribution in [0.2, 0.25) is 0 Å². The van der Waals surface area contributed by atoms with Gasteiger partial charge in [-0.15, -0.1) is 0 Å². The molecule has 0 aliphatic rings. The van der Waals surface area contributed by atoms with Crippen molar-refractivity contribution in [3.8, 4) is 0 Å². The summed E-state index contributed by atoms with van der Waals surface area (Å²) < 4.78 is 0. The van der Waals surface area contributed by atoms with Crippen LogP contribution in [0.15, 0.2) is 0 Å². The van der Waals surface area contributed by atoms with E-state index in [-0.39, 0.29) is 11.5 Å². The fourth-order valence-electron chi connectivity index (χ4n) is 1.20. The topological polar surface area (TPSA) is 61.9 Å². The largest absolute Gasteiger partial charge is 0.370 e. The van der Waals surface area contributed by atoms with Crippen molar-refractivity contribution in [2.45, 2.75) is 45.6 Å². The Morgan fingerprint density at radius 2 is 2.09 bits per heavy atom. The molecule has 0 fully saturated rings. The van der Waals surface area contributed by atoms with Crippen LogP contribution in [0.1, 0.15) is 40.0 Å². The Labute approximate surface area is 68.9 Å². The molecule has 0 saturated carbocycles. The first-order valence-corrected chi connectivity index (χ1v) is 4.16. The van der Waals surface area contributed by atoms with Gasteiger partial charge >= 0.3 is 0 Å². The second-order valence-electron chi connectivity index (χ2n) is 3.20. The Kier molecular flexibility index (Phi) is 3.93. The van der Waals surface area contributed by atoms with Gasteiger partial charge in [0.05, 0.1) is 0 Å². The maximum atomic E-state index is 7.10. The van der Waals surface area contributed by atoms with Crippen LogP contribution < -0.4 is 11.1 Å². The Morgan fingerprint density at radius 1 is 1.55 bits per heavy atom. The minimum Gasteiger partial charge on any atom is -0.370 e. The third-order valence-electron chi connectivity index (χ3n) is 2.02. The quantitative estimate of drug-likeness (QED) is 0.427. The highest BCUT2D eigenvalue weighted by Gasteiger charge is 2.20. The summed E-state index contributed by atoms with van der Waals surface area (Å²) in [4.78, 5) is 0. The summed E-state index contributed by atoms with van der Waals surface area (Å²) in [6, 6.07) is 0. The normalized spacial score (nSPS) is 15.5. The van der Waals surface area contributed by atoms with Gasteiger partial charge < -0.3 is 11.1 Å². The molecular formula is C8H19N3. The molecule has 11 heavy (non-hydrogen) atoms. The van der Waals surface area contributed by atoms with Gasteiger partial charge in [-0.2, -0.15) is 0 Å². The molecule has 0 aromatic rings. The molecule has 0 aromatic heterocycles. The van der Waals surface area contributed by atoms with Gasteiger partial charge in [0.2, 0.25) is 0 Å². The molecule has 0 heterocycles. The number of guanidine groups is 1. The lowest BCUT2D eigenvalue weighted by Crippen LogP contribution is -2.48. The average Bonchev–Trinajstić information content (AvgIpc) is 1.87. The van der Waals surface area contributed by atoms with Crippen molar-refractivity contribution in [1.29, 1.82) is 5.41 Å². The molecule has 0 rings (SSSR count). The Bertz CT molecular complexity index is 133. The predicted octanol–water partition coefficient (Wildman–Crippen LogP) is 1.44. The zero-order chi connectivity index (χ0) is 8.91. The fraction of sp³-hybridized carbons (Fsp3) is 0.875. The lowest BCUT2D eigenvalue weighted by atomic mass is 9.93. The third-order valence-corrected chi connectivity index (χ3v) is 2.02. The van der Waals surface area contributed by atoms with Crippen LogP contribution in [-0.4, -0.2) is 11.5 Å². The highest BCUT2D eigenvalue weighted by molar-refractivity contribution is 5.75. The summed E-state index contributed by atoms with van der Waals surface area (Å²) in [6.07, 6.45) is 3.17. The molecule has 0 saturated heterocycles. The number of nitrogens with two attached hydrogens (primary N) is 1. The summed E-state index contributed by atoms with van der Waals surface area (Å²) in [7, 11) is 0. The summed E-state index contributed by atoms with van der Waals surface area (Å²) >= 11 is 0. The van der Waals surface area contributed by atoms with Gasteiger partial charge in [0.1, 0.15) is 0 Å². The Balaban J connectivity index is 3.98. The second-order valence-corrected chi connectivity index (χ2v) is 3.20. The van der Waals surface area contributed by atoms with Gasteiger partial charge in [-0.25, -0.2) is 0 Å². The van der Waals surface area contributed by atoms with Crippen molar-refractivity contribution in [3.05, 3.63) is 0 Å². The minimum atomic E-state index is 0.0145. The Hall–Kier alpha value is -0.730. The molecule has 0 spiro atoms. The molecule has 0 aliphatic heterocycles. The maximum absolute atomic E-state index is 7.10. The van der Waals surface area contributed by atoms with Crippen LogP contribution in [-0.2, 0) is 0 Å². The van der Waals surface area contributed by atoms with Crippen LogP contribution >= 0.6 is 0 Å². The van der Waals surface area contributed by atoms with E-state index in [1.165, 1.54) is 0 Å². The van der Waals surface area contributed by atoms with Crippen molar-refractivity contribution < 1.29 is 0 Å². The summed E-state index contributed by atoms with van der Waals surface area (Å²) in [5.74, 6) is 0.0720. The second kappa shape index (κ2) is 4.21. The summed E-state index contributed by atoms with van der Waals surface area (Å²) in [5.41, 5.74) is 5.27. The van der Waals surface area contributed by atoms with E-state index < -0.39 is 0 Å². The van der Waals surface area contributed by atoms with Gasteiger partial charge in [0.15, 0.2) is 5.96 Å². The van der Waals surface area contributed by atoms with E-state index >= 15 is 0 Å². The number of rotatable bonds is 4. The first kappa shape index (κ1) is 10.3. The highest BCUT2D eigenvalue weighted by atomic mass is 15.1. The number of hydrogen-bond donors (Lipinski definition) is 3. The monoisotopic (exact) mass is 157 g/mol. The molecule has 3 nitrogen and oxygen atoms in total. The average molecular weight is 157 g/mol. The molecule has 0 radical (unpaired) electrons. The standard InChI is InChI=1S/C8H19N3/c1-4-6-8(3,5-2)11-7(9)10/h4-6H2,1-3H3,(H4,9,10,11). The third kappa shape index (κ3) is 3.86. The molecule has 3 heteroatoms. The van der Waals surface area contributed by atoms with E-state index in [2.05, 4.69) is 26.1 Å². The minimum absolute atomic E-state index is 0.0145. The molecule has 0 bridgehead atoms. The van der Waals surface area contributed by atoms with Gasteiger partial charge in [0, 0.05) is 5.54 Å². The van der Waals surface area contributed by atoms with Crippen molar-refractivity contribution in [2.75, 3.05) is 0 Å². The van der Waals surface area contributed by atoms with Crippen molar-refractivity contribution >= 4 is 5.96 Å². The van der Waals surface area contributed by atoms with Crippen LogP contribution in [0.4, 0.5) is 0 Å². The molecule has 0 aliphatic carbocycles. The summed E-state index contributed by atoms with van der Waals surface area (Å²) in [5, 5.41) is 10.1. The molecule has 0 aromatic carbocycles. The van der Waals surface area contributed by atoms with Crippen LogP contribution in [0, 0.1) is 5.41 Å². The van der Waals surface area contributed by atoms with Gasteiger partial charge in [-0.3, -0.25) is 5.41 Å². The van der Waals surface area contributed by atoms with E-state index in [1.807, 2.05) is 0 Å². The zero-order valence-corrected chi connectivity index (χ0v) is 7.70. The van der Waals surface area contributed by atoms with E-state index in [1.54, 1.807) is 0 Å². The fourth-order valence-corrected chi connectivity index (χ4v) is 1.20. The lowest BCUT2D eigenvalue weighted by Gasteiger charge is -2.29. The van der Waals surface area contributed by atoms with E-state index in [4.69, 9.17) is 11.1 Å². The lowest BCUT2D eigenvalue weighted by molar-refractivity contribution is 0.367. The highest BCUT2D eigenvalue weighted by Crippen LogP contribution is 2.15. The van der Waals surface area contributed by atoms with E-state index in [0.29, 0.717) is 0 Å². The molecule has 1 atom stereocenters. The SMILES string of the molecule is CCCC(C)(CC)NC(=N)N. The van der Waals surface area contributed by atoms with Crippen molar-refractivity contribution in [2.24, 2.45) is 5.73 Å². The van der Waals surface area contributed by atoms with Crippen molar-refractivity contribution in [3.63, 3.8) is 0 Å². The smallest absolute Gasteiger partial charge is 0.186 e. The number of hydrogen-bond acceptors (Lipinski definition) is 1. The zero-order valence-electron chi connectivity index (χ0n) is 7.70. The first-order chi connectivity index (χ1) is 5.04. The molecule has 0 amide bonds. The molecule has 66 valence electrons. The van der Waals surface area contributed by atoms with Crippen molar-refractivity contribution in [1.82, 2.24) is 5.32 Å². The first-order valence-electron chi connectivity index (χ1n) is 4.16. The van der Waals surface area contributed by atoms with Crippen LogP contribution in [0.3, 0.4) is 0 Å². The maximum Gasteiger partial charge on any atom is 0.186 e. The van der Waals surface area contributed by atoms with Crippen LogP contribution in [0.25, 0.3) is 0 Å². The van der Waals surface area contributed by atoms with E-state index in [9.17, 15) is 0 Å². The Morgan fingerprint density at radius 3 is 2.36 bits per heavy atom. The van der Waals surface area contributed by atoms with Gasteiger partial charge in [-0.1, -0.05) is 20.3 Å². The number of nitrogens with one attached hydrogen (secondary N) is 2. The molecule has 1 unspecified atom stereocenters. The summed E-state index contributed by atoms with van der Waals surface area (Å²) in [6.45, 7) is 6.33. The predicted molar refractivity (Wildman–Crippen MR) is 48.7 cm³/mol. The van der Waals surface area contributed by atoms with Gasteiger partial charge in [-0.05, 0) is 19.8 Å². The van der Waals surface area contributed by atoms with E-state index in [0.717, 1.165) is 19.3 Å².